The Labute approximate surface area is 112 Å². The van der Waals surface area contributed by atoms with Gasteiger partial charge in [0.25, 0.3) is 0 Å². The smallest absolute Gasteiger partial charge is 0.227 e. The van der Waals surface area contributed by atoms with Gasteiger partial charge in [-0.2, -0.15) is 0 Å². The molecule has 1 aliphatic heterocycles. The lowest BCUT2D eigenvalue weighted by Crippen LogP contribution is -2.25. The van der Waals surface area contributed by atoms with Gasteiger partial charge in [-0.1, -0.05) is 0 Å². The van der Waals surface area contributed by atoms with Crippen molar-refractivity contribution in [1.82, 2.24) is 0 Å². The molecule has 0 aromatic heterocycles. The fourth-order valence-corrected chi connectivity index (χ4v) is 2.19. The second-order valence-electron chi connectivity index (χ2n) is 4.85. The number of anilines is 2. The van der Waals surface area contributed by atoms with E-state index in [1.165, 1.54) is 6.92 Å². The minimum atomic E-state index is -0.0367. The van der Waals surface area contributed by atoms with Gasteiger partial charge in [0.1, 0.15) is 0 Å². The lowest BCUT2D eigenvalue weighted by atomic mass is 10.1. The minimum absolute atomic E-state index is 0.0204. The van der Waals surface area contributed by atoms with Gasteiger partial charge in [0.15, 0.2) is 0 Å². The summed E-state index contributed by atoms with van der Waals surface area (Å²) in [5.74, 6) is 0.0177. The van der Waals surface area contributed by atoms with Crippen molar-refractivity contribution in [3.8, 4) is 0 Å². The number of rotatable bonds is 3. The minimum Gasteiger partial charge on any atom is -0.396 e. The molecule has 1 aromatic rings. The number of benzene rings is 1. The number of nitrogens with zero attached hydrogens (tertiary/aromatic N) is 2. The number of hydrogen-bond acceptors (Lipinski definition) is 3. The van der Waals surface area contributed by atoms with Crippen molar-refractivity contribution in [2.24, 2.45) is 5.92 Å². The van der Waals surface area contributed by atoms with Gasteiger partial charge in [-0.05, 0) is 24.3 Å². The van der Waals surface area contributed by atoms with Gasteiger partial charge in [0.2, 0.25) is 11.8 Å². The van der Waals surface area contributed by atoms with Crippen molar-refractivity contribution >= 4 is 23.2 Å². The third-order valence-electron chi connectivity index (χ3n) is 3.48. The predicted octanol–water partition coefficient (Wildman–Crippen LogP) is 1.01. The van der Waals surface area contributed by atoms with E-state index in [4.69, 9.17) is 5.11 Å². The Balaban J connectivity index is 2.15. The highest BCUT2D eigenvalue weighted by atomic mass is 16.3. The highest BCUT2D eigenvalue weighted by molar-refractivity contribution is 5.96. The van der Waals surface area contributed by atoms with E-state index in [0.29, 0.717) is 13.0 Å². The van der Waals surface area contributed by atoms with Crippen LogP contribution in [-0.2, 0) is 9.59 Å². The number of aliphatic hydroxyl groups excluding tert-OH is 1. The van der Waals surface area contributed by atoms with Crippen LogP contribution in [0.5, 0.6) is 0 Å². The SMILES string of the molecule is CC(=O)N(C)c1ccc(N2CC(CO)CC2=O)cc1. The molecule has 1 aliphatic rings. The molecule has 102 valence electrons. The maximum absolute atomic E-state index is 11.8. The molecule has 1 heterocycles. The van der Waals surface area contributed by atoms with E-state index in [1.54, 1.807) is 16.8 Å². The third-order valence-corrected chi connectivity index (χ3v) is 3.48. The van der Waals surface area contributed by atoms with Crippen LogP contribution in [0.3, 0.4) is 0 Å². The molecule has 2 rings (SSSR count). The summed E-state index contributed by atoms with van der Waals surface area (Å²) in [6.07, 6.45) is 0.394. The Morgan fingerprint density at radius 2 is 2.05 bits per heavy atom. The largest absolute Gasteiger partial charge is 0.396 e. The molecule has 1 saturated heterocycles. The maximum atomic E-state index is 11.8. The quantitative estimate of drug-likeness (QED) is 0.884. The van der Waals surface area contributed by atoms with E-state index in [-0.39, 0.29) is 24.3 Å². The molecule has 0 bridgehead atoms. The third kappa shape index (κ3) is 2.76. The molecule has 0 spiro atoms. The molecule has 1 unspecified atom stereocenters. The summed E-state index contributed by atoms with van der Waals surface area (Å²) in [7, 11) is 1.71. The second-order valence-corrected chi connectivity index (χ2v) is 4.85. The van der Waals surface area contributed by atoms with Gasteiger partial charge in [-0.3, -0.25) is 9.59 Å². The Hall–Kier alpha value is -1.88. The van der Waals surface area contributed by atoms with Crippen LogP contribution in [0, 0.1) is 5.92 Å². The van der Waals surface area contributed by atoms with Crippen LogP contribution in [0.25, 0.3) is 0 Å². The van der Waals surface area contributed by atoms with Crippen LogP contribution in [-0.4, -0.2) is 37.1 Å². The molecule has 19 heavy (non-hydrogen) atoms. The van der Waals surface area contributed by atoms with Gasteiger partial charge in [0, 0.05) is 50.8 Å². The molecular weight excluding hydrogens is 244 g/mol. The van der Waals surface area contributed by atoms with Gasteiger partial charge < -0.3 is 14.9 Å². The summed E-state index contributed by atoms with van der Waals surface area (Å²) in [6, 6.07) is 7.28. The topological polar surface area (TPSA) is 60.9 Å². The molecule has 0 radical (unpaired) electrons. The van der Waals surface area contributed by atoms with Gasteiger partial charge in [-0.15, -0.1) is 0 Å². The zero-order valence-corrected chi connectivity index (χ0v) is 11.2. The average molecular weight is 262 g/mol. The molecular formula is C14H18N2O3. The second kappa shape index (κ2) is 5.40. The number of hydrogen-bond donors (Lipinski definition) is 1. The van der Waals surface area contributed by atoms with Crippen molar-refractivity contribution in [3.63, 3.8) is 0 Å². The van der Waals surface area contributed by atoms with E-state index in [9.17, 15) is 9.59 Å². The number of carbonyl (C=O) groups excluding carboxylic acids is 2. The highest BCUT2D eigenvalue weighted by Crippen LogP contribution is 2.26. The Kier molecular flexibility index (Phi) is 3.85. The van der Waals surface area contributed by atoms with E-state index >= 15 is 0 Å². The van der Waals surface area contributed by atoms with E-state index in [1.807, 2.05) is 24.3 Å². The summed E-state index contributed by atoms with van der Waals surface area (Å²) in [5, 5.41) is 9.10. The van der Waals surface area contributed by atoms with Crippen LogP contribution >= 0.6 is 0 Å². The van der Waals surface area contributed by atoms with Crippen LogP contribution < -0.4 is 9.80 Å². The van der Waals surface area contributed by atoms with Gasteiger partial charge >= 0.3 is 0 Å². The first-order valence-corrected chi connectivity index (χ1v) is 6.28. The lowest BCUT2D eigenvalue weighted by molar-refractivity contribution is -0.117. The fourth-order valence-electron chi connectivity index (χ4n) is 2.19. The van der Waals surface area contributed by atoms with E-state index in [2.05, 4.69) is 0 Å². The van der Waals surface area contributed by atoms with Crippen molar-refractivity contribution in [3.05, 3.63) is 24.3 Å². The monoisotopic (exact) mass is 262 g/mol. The summed E-state index contributed by atoms with van der Waals surface area (Å²) in [5.41, 5.74) is 1.60. The van der Waals surface area contributed by atoms with Crippen LogP contribution in [0.4, 0.5) is 11.4 Å². The summed E-state index contributed by atoms with van der Waals surface area (Å²) in [4.78, 5) is 26.3. The molecule has 1 atom stereocenters. The van der Waals surface area contributed by atoms with E-state index < -0.39 is 0 Å². The Morgan fingerprint density at radius 1 is 1.42 bits per heavy atom. The molecule has 0 aliphatic carbocycles. The molecule has 5 heteroatoms. The average Bonchev–Trinajstić information content (AvgIpc) is 2.79. The van der Waals surface area contributed by atoms with Gasteiger partial charge in [0.05, 0.1) is 0 Å². The first-order valence-electron chi connectivity index (χ1n) is 6.28. The summed E-state index contributed by atoms with van der Waals surface area (Å²) >= 11 is 0. The zero-order valence-electron chi connectivity index (χ0n) is 11.2. The van der Waals surface area contributed by atoms with Crippen LogP contribution in [0.1, 0.15) is 13.3 Å². The predicted molar refractivity (Wildman–Crippen MR) is 73.1 cm³/mol. The lowest BCUT2D eigenvalue weighted by Gasteiger charge is -2.19. The first kappa shape index (κ1) is 13.5. The molecule has 1 fully saturated rings. The molecule has 1 N–H and O–H groups in total. The van der Waals surface area contributed by atoms with Crippen molar-refractivity contribution < 1.29 is 14.7 Å². The van der Waals surface area contributed by atoms with Gasteiger partial charge in [-0.25, -0.2) is 0 Å². The molecule has 1 aromatic carbocycles. The molecule has 2 amide bonds. The standard InChI is InChI=1S/C14H18N2O3/c1-10(18)15(2)12-3-5-13(6-4-12)16-8-11(9-17)7-14(16)19/h3-6,11,17H,7-9H2,1-2H3. The zero-order chi connectivity index (χ0) is 14.0. The van der Waals surface area contributed by atoms with Crippen molar-refractivity contribution in [2.75, 3.05) is 30.0 Å². The van der Waals surface area contributed by atoms with Crippen LogP contribution in [0.2, 0.25) is 0 Å². The first-order chi connectivity index (χ1) is 9.02. The molecule has 5 nitrogen and oxygen atoms in total. The molecule has 0 saturated carbocycles. The summed E-state index contributed by atoms with van der Waals surface area (Å²) < 4.78 is 0. The maximum Gasteiger partial charge on any atom is 0.227 e. The Morgan fingerprint density at radius 3 is 2.53 bits per heavy atom. The van der Waals surface area contributed by atoms with Crippen LogP contribution in [0.15, 0.2) is 24.3 Å². The Bertz CT molecular complexity index is 484. The van der Waals surface area contributed by atoms with Crippen molar-refractivity contribution in [2.45, 2.75) is 13.3 Å². The highest BCUT2D eigenvalue weighted by Gasteiger charge is 2.29. The fraction of sp³-hybridized carbons (Fsp3) is 0.429. The summed E-state index contributed by atoms with van der Waals surface area (Å²) in [6.45, 7) is 2.09. The number of amides is 2. The van der Waals surface area contributed by atoms with Crippen molar-refractivity contribution in [1.29, 1.82) is 0 Å². The number of carbonyl (C=O) groups is 2. The normalized spacial score (nSPS) is 18.8. The number of aliphatic hydroxyl groups is 1. The van der Waals surface area contributed by atoms with E-state index in [0.717, 1.165) is 11.4 Å².